The Labute approximate surface area is 169 Å². The highest BCUT2D eigenvalue weighted by Gasteiger charge is 2.42. The third kappa shape index (κ3) is 3.18. The van der Waals surface area contributed by atoms with Crippen molar-refractivity contribution in [1.29, 1.82) is 0 Å². The molecule has 1 saturated heterocycles. The summed E-state index contributed by atoms with van der Waals surface area (Å²) >= 11 is 5.74. The van der Waals surface area contributed by atoms with Gasteiger partial charge >= 0.3 is 0 Å². The molecule has 2 N–H and O–H groups in total. The van der Waals surface area contributed by atoms with E-state index in [1.165, 1.54) is 0 Å². The molecule has 0 saturated carbocycles. The number of methoxy groups -OCH3 is 2. The fourth-order valence-electron chi connectivity index (χ4n) is 3.61. The van der Waals surface area contributed by atoms with Crippen LogP contribution in [0.15, 0.2) is 54.7 Å². The molecular weight excluding hydrogens is 372 g/mol. The van der Waals surface area contributed by atoms with Crippen molar-refractivity contribution in [2.24, 2.45) is 0 Å². The third-order valence-corrected chi connectivity index (χ3v) is 5.23. The van der Waals surface area contributed by atoms with E-state index in [0.29, 0.717) is 10.9 Å². The summed E-state index contributed by atoms with van der Waals surface area (Å²) in [6.45, 7) is 2.04. The number of thiocarbonyl (C=S) groups is 1. The Hall–Kier alpha value is -3.06. The SMILES string of the molecule is COc1ccc(N2C(=S)N[C@H](c3ccccn3)[C@H]2c2ccc(C)[nH]2)c(OC)c1. The van der Waals surface area contributed by atoms with E-state index in [1.54, 1.807) is 20.4 Å². The number of rotatable bonds is 5. The fraction of sp³-hybridized carbons (Fsp3) is 0.238. The highest BCUT2D eigenvalue weighted by atomic mass is 32.1. The summed E-state index contributed by atoms with van der Waals surface area (Å²) < 4.78 is 11.0. The summed E-state index contributed by atoms with van der Waals surface area (Å²) in [6.07, 6.45) is 1.80. The molecule has 1 aliphatic rings. The van der Waals surface area contributed by atoms with E-state index in [0.717, 1.165) is 28.5 Å². The first kappa shape index (κ1) is 18.3. The molecule has 0 spiro atoms. The fourth-order valence-corrected chi connectivity index (χ4v) is 3.95. The maximum Gasteiger partial charge on any atom is 0.174 e. The minimum atomic E-state index is -0.0987. The van der Waals surface area contributed by atoms with Gasteiger partial charge in [-0.2, -0.15) is 0 Å². The van der Waals surface area contributed by atoms with Crippen LogP contribution in [0.4, 0.5) is 5.69 Å². The number of hydrogen-bond acceptors (Lipinski definition) is 4. The normalized spacial score (nSPS) is 18.8. The van der Waals surface area contributed by atoms with Crippen LogP contribution in [0, 0.1) is 6.92 Å². The molecule has 1 aromatic carbocycles. The Kier molecular flexibility index (Phi) is 4.92. The largest absolute Gasteiger partial charge is 0.497 e. The lowest BCUT2D eigenvalue weighted by molar-refractivity contribution is 0.394. The van der Waals surface area contributed by atoms with Crippen molar-refractivity contribution in [3.63, 3.8) is 0 Å². The average Bonchev–Trinajstić information content (AvgIpc) is 3.30. The van der Waals surface area contributed by atoms with Crippen molar-refractivity contribution < 1.29 is 9.47 Å². The molecule has 2 atom stereocenters. The molecule has 3 aromatic rings. The van der Waals surface area contributed by atoms with Gasteiger partial charge in [0.15, 0.2) is 5.11 Å². The number of ether oxygens (including phenoxy) is 2. The van der Waals surface area contributed by atoms with E-state index in [9.17, 15) is 0 Å². The number of aryl methyl sites for hydroxylation is 1. The van der Waals surface area contributed by atoms with Gasteiger partial charge in [0.1, 0.15) is 17.5 Å². The summed E-state index contributed by atoms with van der Waals surface area (Å²) in [7, 11) is 3.28. The molecule has 0 radical (unpaired) electrons. The average molecular weight is 395 g/mol. The van der Waals surface area contributed by atoms with Gasteiger partial charge < -0.3 is 24.7 Å². The number of pyridine rings is 1. The van der Waals surface area contributed by atoms with Crippen LogP contribution in [0.25, 0.3) is 0 Å². The van der Waals surface area contributed by atoms with Crippen LogP contribution in [0.5, 0.6) is 11.5 Å². The van der Waals surface area contributed by atoms with Gasteiger partial charge in [0.05, 0.1) is 31.6 Å². The number of aromatic amines is 1. The zero-order valence-corrected chi connectivity index (χ0v) is 16.8. The first-order valence-corrected chi connectivity index (χ1v) is 9.41. The van der Waals surface area contributed by atoms with Crippen molar-refractivity contribution in [1.82, 2.24) is 15.3 Å². The van der Waals surface area contributed by atoms with Gasteiger partial charge in [-0.25, -0.2) is 0 Å². The first-order chi connectivity index (χ1) is 13.6. The number of H-pyrrole nitrogens is 1. The maximum absolute atomic E-state index is 5.74. The molecule has 1 aliphatic heterocycles. The van der Waals surface area contributed by atoms with Crippen LogP contribution < -0.4 is 19.7 Å². The molecule has 2 aromatic heterocycles. The van der Waals surface area contributed by atoms with Gasteiger partial charge in [-0.3, -0.25) is 4.98 Å². The minimum Gasteiger partial charge on any atom is -0.497 e. The van der Waals surface area contributed by atoms with Crippen LogP contribution in [0.1, 0.15) is 29.2 Å². The lowest BCUT2D eigenvalue weighted by Crippen LogP contribution is -2.30. The summed E-state index contributed by atoms with van der Waals surface area (Å²) in [5.41, 5.74) is 3.95. The van der Waals surface area contributed by atoms with E-state index in [2.05, 4.69) is 32.3 Å². The van der Waals surface area contributed by atoms with Crippen LogP contribution in [-0.4, -0.2) is 29.3 Å². The molecule has 0 bridgehead atoms. The molecule has 28 heavy (non-hydrogen) atoms. The van der Waals surface area contributed by atoms with Crippen molar-refractivity contribution >= 4 is 23.0 Å². The van der Waals surface area contributed by atoms with Gasteiger partial charge in [-0.15, -0.1) is 0 Å². The standard InChI is InChI=1S/C21H22N4O2S/c1-13-7-9-16(23-13)20-19(15-6-4-5-11-22-15)24-21(28)25(20)17-10-8-14(26-2)12-18(17)27-3/h4-12,19-20,23H,1-3H3,(H,24,28)/t19-,20-/m1/s1. The van der Waals surface area contributed by atoms with E-state index in [1.807, 2.05) is 43.3 Å². The Morgan fingerprint density at radius 3 is 2.57 bits per heavy atom. The maximum atomic E-state index is 5.74. The molecule has 144 valence electrons. The van der Waals surface area contributed by atoms with Gasteiger partial charge in [0.2, 0.25) is 0 Å². The number of anilines is 1. The summed E-state index contributed by atoms with van der Waals surface area (Å²) in [5.74, 6) is 1.42. The second-order valence-corrected chi connectivity index (χ2v) is 7.02. The van der Waals surface area contributed by atoms with Gasteiger partial charge in [0.25, 0.3) is 0 Å². The van der Waals surface area contributed by atoms with Crippen LogP contribution in [0.2, 0.25) is 0 Å². The highest BCUT2D eigenvalue weighted by molar-refractivity contribution is 7.80. The third-order valence-electron chi connectivity index (χ3n) is 4.92. The van der Waals surface area contributed by atoms with E-state index in [4.69, 9.17) is 21.7 Å². The number of benzene rings is 1. The minimum absolute atomic E-state index is 0.0986. The Morgan fingerprint density at radius 1 is 1.07 bits per heavy atom. The van der Waals surface area contributed by atoms with E-state index < -0.39 is 0 Å². The van der Waals surface area contributed by atoms with E-state index >= 15 is 0 Å². The quantitative estimate of drug-likeness (QED) is 0.640. The van der Waals surface area contributed by atoms with Crippen LogP contribution in [0.3, 0.4) is 0 Å². The lowest BCUT2D eigenvalue weighted by atomic mass is 10.0. The highest BCUT2D eigenvalue weighted by Crippen LogP contribution is 2.44. The monoisotopic (exact) mass is 394 g/mol. The molecule has 6 nitrogen and oxygen atoms in total. The molecule has 3 heterocycles. The Morgan fingerprint density at radius 2 is 1.93 bits per heavy atom. The second kappa shape index (κ2) is 7.52. The predicted molar refractivity (Wildman–Crippen MR) is 113 cm³/mol. The second-order valence-electron chi connectivity index (χ2n) is 6.63. The molecule has 4 rings (SSSR count). The lowest BCUT2D eigenvalue weighted by Gasteiger charge is -2.28. The Balaban J connectivity index is 1.84. The zero-order chi connectivity index (χ0) is 19.7. The summed E-state index contributed by atoms with van der Waals surface area (Å²) in [4.78, 5) is 10.1. The van der Waals surface area contributed by atoms with E-state index in [-0.39, 0.29) is 12.1 Å². The summed E-state index contributed by atoms with van der Waals surface area (Å²) in [5, 5.41) is 4.07. The number of hydrogen-bond donors (Lipinski definition) is 2. The van der Waals surface area contributed by atoms with Gasteiger partial charge in [0, 0.05) is 23.7 Å². The topological polar surface area (TPSA) is 62.4 Å². The van der Waals surface area contributed by atoms with Crippen LogP contribution in [-0.2, 0) is 0 Å². The number of nitrogens with one attached hydrogen (secondary N) is 2. The molecule has 7 heteroatoms. The van der Waals surface area contributed by atoms with Crippen molar-refractivity contribution in [3.8, 4) is 11.5 Å². The van der Waals surface area contributed by atoms with Crippen molar-refractivity contribution in [2.75, 3.05) is 19.1 Å². The van der Waals surface area contributed by atoms with Crippen molar-refractivity contribution in [3.05, 3.63) is 71.8 Å². The van der Waals surface area contributed by atoms with Gasteiger partial charge in [-0.1, -0.05) is 6.07 Å². The van der Waals surface area contributed by atoms with Crippen molar-refractivity contribution in [2.45, 2.75) is 19.0 Å². The molecule has 0 aliphatic carbocycles. The number of nitrogens with zero attached hydrogens (tertiary/aromatic N) is 2. The summed E-state index contributed by atoms with van der Waals surface area (Å²) in [6, 6.07) is 15.6. The van der Waals surface area contributed by atoms with Crippen LogP contribution >= 0.6 is 12.2 Å². The zero-order valence-electron chi connectivity index (χ0n) is 16.0. The molecule has 0 amide bonds. The van der Waals surface area contributed by atoms with Gasteiger partial charge in [-0.05, 0) is 55.5 Å². The smallest absolute Gasteiger partial charge is 0.174 e. The first-order valence-electron chi connectivity index (χ1n) is 9.00. The molecule has 0 unspecified atom stereocenters. The Bertz CT molecular complexity index is 989. The molecule has 1 fully saturated rings. The predicted octanol–water partition coefficient (Wildman–Crippen LogP) is 3.91. The molecular formula is C21H22N4O2S. The number of aromatic nitrogens is 2.